The predicted molar refractivity (Wildman–Crippen MR) is 111 cm³/mol. The first-order valence-electron chi connectivity index (χ1n) is 10.1. The molecular weight excluding hydrogens is 380 g/mol. The smallest absolute Gasteiger partial charge is 0.209 e. The fraction of sp³-hybridized carbons (Fsp3) is 0.348. The minimum atomic E-state index is -0.641. The highest BCUT2D eigenvalue weighted by Gasteiger charge is 2.16. The Labute approximate surface area is 175 Å². The number of piperidine rings is 1. The summed E-state index contributed by atoms with van der Waals surface area (Å²) < 4.78 is 7.35. The number of hydrogen-bond donors (Lipinski definition) is 1. The van der Waals surface area contributed by atoms with E-state index in [0.29, 0.717) is 24.0 Å². The Morgan fingerprint density at radius 3 is 2.77 bits per heavy atom. The molecule has 7 nitrogen and oxygen atoms in total. The van der Waals surface area contributed by atoms with Gasteiger partial charge in [0.2, 0.25) is 6.41 Å². The summed E-state index contributed by atoms with van der Waals surface area (Å²) >= 11 is 0. The number of hydrogen-bond acceptors (Lipinski definition) is 5. The molecule has 3 heterocycles. The molecule has 0 aliphatic carbocycles. The van der Waals surface area contributed by atoms with Crippen LogP contribution in [0.1, 0.15) is 43.0 Å². The lowest BCUT2D eigenvalue weighted by Gasteiger charge is -2.26. The highest BCUT2D eigenvalue weighted by molar-refractivity contribution is 5.59. The van der Waals surface area contributed by atoms with Gasteiger partial charge in [-0.05, 0) is 44.0 Å². The zero-order valence-electron chi connectivity index (χ0n) is 16.9. The van der Waals surface area contributed by atoms with Crippen LogP contribution in [0, 0.1) is 17.8 Å². The van der Waals surface area contributed by atoms with Crippen molar-refractivity contribution >= 4 is 6.41 Å². The standard InChI is InChI=1S/C23H24N4O3/c1-17(29)23-24-10-13-27(23)15-21-14-22(30-25-21)20-6-4-18(5-7-20)2-3-19-8-11-26(16-28)12-9-19/h4-7,10,13-14,16-17,19,29H,8-9,11-12,15H2,1H3/t17-/m0/s1. The molecule has 0 unspecified atom stereocenters. The number of aliphatic hydroxyl groups is 1. The Balaban J connectivity index is 1.40. The Bertz CT molecular complexity index is 1050. The third-order valence-corrected chi connectivity index (χ3v) is 5.28. The molecule has 1 aromatic carbocycles. The number of likely N-dealkylation sites (tertiary alicyclic amines) is 1. The average molecular weight is 404 g/mol. The third-order valence-electron chi connectivity index (χ3n) is 5.28. The van der Waals surface area contributed by atoms with Gasteiger partial charge in [-0.15, -0.1) is 0 Å². The Morgan fingerprint density at radius 1 is 1.30 bits per heavy atom. The summed E-state index contributed by atoms with van der Waals surface area (Å²) in [5.41, 5.74) is 2.65. The van der Waals surface area contributed by atoms with Crippen LogP contribution in [-0.2, 0) is 11.3 Å². The molecule has 3 aromatic rings. The highest BCUT2D eigenvalue weighted by atomic mass is 16.5. The highest BCUT2D eigenvalue weighted by Crippen LogP contribution is 2.22. The predicted octanol–water partition coefficient (Wildman–Crippen LogP) is 2.86. The van der Waals surface area contributed by atoms with Crippen molar-refractivity contribution in [1.29, 1.82) is 0 Å². The zero-order chi connectivity index (χ0) is 20.9. The maximum atomic E-state index is 10.8. The number of imidazole rings is 1. The van der Waals surface area contributed by atoms with Crippen LogP contribution in [0.4, 0.5) is 0 Å². The van der Waals surface area contributed by atoms with E-state index in [1.807, 2.05) is 41.1 Å². The van der Waals surface area contributed by atoms with E-state index in [2.05, 4.69) is 22.0 Å². The minimum Gasteiger partial charge on any atom is -0.385 e. The maximum Gasteiger partial charge on any atom is 0.209 e. The lowest BCUT2D eigenvalue weighted by molar-refractivity contribution is -0.119. The first-order chi connectivity index (χ1) is 14.6. The van der Waals surface area contributed by atoms with Crippen molar-refractivity contribution in [2.45, 2.75) is 32.4 Å². The monoisotopic (exact) mass is 404 g/mol. The molecule has 1 saturated heterocycles. The molecule has 1 fully saturated rings. The summed E-state index contributed by atoms with van der Waals surface area (Å²) in [6, 6.07) is 9.80. The van der Waals surface area contributed by atoms with Crippen LogP contribution in [0.5, 0.6) is 0 Å². The number of aliphatic hydroxyl groups excluding tert-OH is 1. The molecule has 1 N–H and O–H groups in total. The largest absolute Gasteiger partial charge is 0.385 e. The number of rotatable bonds is 5. The van der Waals surface area contributed by atoms with Gasteiger partial charge in [0, 0.05) is 48.6 Å². The Hall–Kier alpha value is -3.37. The molecule has 0 saturated carbocycles. The second kappa shape index (κ2) is 8.97. The van der Waals surface area contributed by atoms with Gasteiger partial charge in [-0.1, -0.05) is 17.0 Å². The lowest BCUT2D eigenvalue weighted by atomic mass is 9.97. The molecule has 0 radical (unpaired) electrons. The van der Waals surface area contributed by atoms with Crippen molar-refractivity contribution in [1.82, 2.24) is 19.6 Å². The summed E-state index contributed by atoms with van der Waals surface area (Å²) in [7, 11) is 0. The third kappa shape index (κ3) is 4.61. The molecule has 0 bridgehead atoms. The maximum absolute atomic E-state index is 10.8. The second-order valence-electron chi connectivity index (χ2n) is 7.53. The minimum absolute atomic E-state index is 0.340. The molecular formula is C23H24N4O3. The van der Waals surface area contributed by atoms with Crippen LogP contribution >= 0.6 is 0 Å². The lowest BCUT2D eigenvalue weighted by Crippen LogP contribution is -2.31. The molecule has 7 heteroatoms. The number of benzene rings is 1. The molecule has 154 valence electrons. The second-order valence-corrected chi connectivity index (χ2v) is 7.53. The number of aromatic nitrogens is 3. The van der Waals surface area contributed by atoms with Gasteiger partial charge in [-0.2, -0.15) is 0 Å². The Kier molecular flexibility index (Phi) is 5.96. The van der Waals surface area contributed by atoms with Crippen LogP contribution < -0.4 is 0 Å². The molecule has 2 aromatic heterocycles. The van der Waals surface area contributed by atoms with Crippen LogP contribution in [0.15, 0.2) is 47.2 Å². The molecule has 1 atom stereocenters. The fourth-order valence-electron chi connectivity index (χ4n) is 3.57. The SMILES string of the molecule is C[C@H](O)c1nccn1Cc1cc(-c2ccc(C#CC3CCN(C=O)CC3)cc2)on1. The van der Waals surface area contributed by atoms with Crippen LogP contribution in [-0.4, -0.2) is 44.2 Å². The number of carbonyl (C=O) groups is 1. The van der Waals surface area contributed by atoms with Crippen molar-refractivity contribution in [2.24, 2.45) is 5.92 Å². The molecule has 1 aliphatic rings. The van der Waals surface area contributed by atoms with Gasteiger partial charge < -0.3 is 19.1 Å². The van der Waals surface area contributed by atoms with Crippen LogP contribution in [0.2, 0.25) is 0 Å². The fourth-order valence-corrected chi connectivity index (χ4v) is 3.57. The first kappa shape index (κ1) is 19.9. The van der Waals surface area contributed by atoms with E-state index >= 15 is 0 Å². The van der Waals surface area contributed by atoms with E-state index in [1.54, 1.807) is 18.0 Å². The van der Waals surface area contributed by atoms with E-state index < -0.39 is 6.10 Å². The molecule has 4 rings (SSSR count). The van der Waals surface area contributed by atoms with E-state index in [9.17, 15) is 9.90 Å². The summed E-state index contributed by atoms with van der Waals surface area (Å²) in [5, 5.41) is 13.9. The van der Waals surface area contributed by atoms with E-state index in [4.69, 9.17) is 4.52 Å². The summed E-state index contributed by atoms with van der Waals surface area (Å²) in [5.74, 6) is 8.19. The van der Waals surface area contributed by atoms with Crippen molar-refractivity contribution in [3.05, 3.63) is 59.8 Å². The first-order valence-corrected chi connectivity index (χ1v) is 10.1. The van der Waals surface area contributed by atoms with Crippen LogP contribution in [0.25, 0.3) is 11.3 Å². The average Bonchev–Trinajstić information content (AvgIpc) is 3.43. The van der Waals surface area contributed by atoms with Crippen molar-refractivity contribution in [3.63, 3.8) is 0 Å². The summed E-state index contributed by atoms with van der Waals surface area (Å²) in [6.07, 6.45) is 5.61. The number of nitrogens with zero attached hydrogens (tertiary/aromatic N) is 4. The normalized spacial score (nSPS) is 15.5. The van der Waals surface area contributed by atoms with Gasteiger partial charge in [0.25, 0.3) is 0 Å². The van der Waals surface area contributed by atoms with E-state index in [1.165, 1.54) is 0 Å². The van der Waals surface area contributed by atoms with Crippen molar-refractivity contribution in [2.75, 3.05) is 13.1 Å². The molecule has 1 aliphatic heterocycles. The number of carbonyl (C=O) groups excluding carboxylic acids is 1. The number of amides is 1. The van der Waals surface area contributed by atoms with E-state index in [0.717, 1.165) is 49.2 Å². The Morgan fingerprint density at radius 2 is 2.07 bits per heavy atom. The summed E-state index contributed by atoms with van der Waals surface area (Å²) in [6.45, 7) is 3.74. The van der Waals surface area contributed by atoms with Crippen molar-refractivity contribution < 1.29 is 14.4 Å². The van der Waals surface area contributed by atoms with Crippen LogP contribution in [0.3, 0.4) is 0 Å². The topological polar surface area (TPSA) is 84.4 Å². The quantitative estimate of drug-likeness (QED) is 0.522. The molecule has 1 amide bonds. The van der Waals surface area contributed by atoms with Gasteiger partial charge in [-0.3, -0.25) is 4.79 Å². The summed E-state index contributed by atoms with van der Waals surface area (Å²) in [4.78, 5) is 16.8. The molecule has 30 heavy (non-hydrogen) atoms. The van der Waals surface area contributed by atoms with Gasteiger partial charge >= 0.3 is 0 Å². The van der Waals surface area contributed by atoms with Gasteiger partial charge in [0.05, 0.1) is 6.54 Å². The van der Waals surface area contributed by atoms with Gasteiger partial charge in [-0.25, -0.2) is 4.98 Å². The van der Waals surface area contributed by atoms with Gasteiger partial charge in [0.15, 0.2) is 5.76 Å². The van der Waals surface area contributed by atoms with Crippen molar-refractivity contribution in [3.8, 4) is 23.2 Å². The van der Waals surface area contributed by atoms with Gasteiger partial charge in [0.1, 0.15) is 17.6 Å². The van der Waals surface area contributed by atoms with E-state index in [-0.39, 0.29) is 0 Å². The molecule has 0 spiro atoms. The zero-order valence-corrected chi connectivity index (χ0v) is 16.9.